The molecule has 0 spiro atoms. The van der Waals surface area contributed by atoms with E-state index in [1.54, 1.807) is 18.2 Å². The van der Waals surface area contributed by atoms with E-state index >= 15 is 0 Å². The molecule has 1 aromatic rings. The van der Waals surface area contributed by atoms with Crippen LogP contribution in [0.2, 0.25) is 0 Å². The number of carbonyl (C=O) groups excluding carboxylic acids is 1. The van der Waals surface area contributed by atoms with E-state index in [2.05, 4.69) is 20.3 Å². The van der Waals surface area contributed by atoms with Crippen LogP contribution in [0.3, 0.4) is 0 Å². The van der Waals surface area contributed by atoms with Gasteiger partial charge < -0.3 is 10.6 Å². The minimum Gasteiger partial charge on any atom is -0.353 e. The summed E-state index contributed by atoms with van der Waals surface area (Å²) in [6, 6.07) is 6.17. The van der Waals surface area contributed by atoms with Gasteiger partial charge in [-0.2, -0.15) is 0 Å². The van der Waals surface area contributed by atoms with Crippen molar-refractivity contribution in [3.63, 3.8) is 0 Å². The number of sulfonamides is 1. The van der Waals surface area contributed by atoms with Crippen LogP contribution in [-0.4, -0.2) is 45.3 Å². The van der Waals surface area contributed by atoms with E-state index in [-0.39, 0.29) is 41.0 Å². The molecule has 0 bridgehead atoms. The normalized spacial score (nSPS) is 18.3. The summed E-state index contributed by atoms with van der Waals surface area (Å²) < 4.78 is 26.9. The average Bonchev–Trinajstić information content (AvgIpc) is 2.83. The van der Waals surface area contributed by atoms with Gasteiger partial charge in [0.05, 0.1) is 4.90 Å². The molecular weight excluding hydrogens is 388 g/mol. The Kier molecular flexibility index (Phi) is 8.71. The minimum atomic E-state index is -3.61. The Balaban J connectivity index is 0.00000364. The number of halogens is 1. The van der Waals surface area contributed by atoms with Crippen LogP contribution in [0.15, 0.2) is 34.2 Å². The number of carbonyl (C=O) groups is 1. The third-order valence-corrected chi connectivity index (χ3v) is 5.48. The Bertz CT molecular complexity index is 781. The average molecular weight is 417 g/mol. The van der Waals surface area contributed by atoms with Crippen molar-refractivity contribution in [2.24, 2.45) is 10.9 Å². The summed E-state index contributed by atoms with van der Waals surface area (Å²) in [6.07, 6.45) is 0.537. The maximum Gasteiger partial charge on any atom is 0.263 e. The van der Waals surface area contributed by atoms with Gasteiger partial charge in [0.15, 0.2) is 0 Å². The van der Waals surface area contributed by atoms with Crippen molar-refractivity contribution >= 4 is 34.2 Å². The van der Waals surface area contributed by atoms with E-state index in [0.29, 0.717) is 18.5 Å². The Hall–Kier alpha value is -1.64. The van der Waals surface area contributed by atoms with Crippen molar-refractivity contribution in [2.75, 3.05) is 13.1 Å². The number of benzene rings is 1. The largest absolute Gasteiger partial charge is 0.353 e. The third kappa shape index (κ3) is 6.19. The molecule has 9 heteroatoms. The number of nitrogens with zero attached hydrogens (tertiary/aromatic N) is 1. The monoisotopic (exact) mass is 416 g/mol. The zero-order valence-corrected chi connectivity index (χ0v) is 17.8. The number of nitrogens with one attached hydrogen (secondary N) is 3. The fourth-order valence-electron chi connectivity index (χ4n) is 2.84. The van der Waals surface area contributed by atoms with Crippen LogP contribution >= 0.6 is 12.4 Å². The first-order valence-electron chi connectivity index (χ1n) is 8.95. The summed E-state index contributed by atoms with van der Waals surface area (Å²) in [5.41, 5.74) is 0.509. The van der Waals surface area contributed by atoms with E-state index in [4.69, 9.17) is 0 Å². The molecule has 1 aromatic carbocycles. The van der Waals surface area contributed by atoms with Crippen molar-refractivity contribution in [1.29, 1.82) is 0 Å². The van der Waals surface area contributed by atoms with E-state index in [1.165, 1.54) is 6.07 Å². The topological polar surface area (TPSA) is 99.7 Å². The molecule has 27 heavy (non-hydrogen) atoms. The van der Waals surface area contributed by atoms with Gasteiger partial charge in [-0.05, 0) is 37.9 Å². The first-order chi connectivity index (χ1) is 12.2. The van der Waals surface area contributed by atoms with Gasteiger partial charge in [-0.25, -0.2) is 8.42 Å². The van der Waals surface area contributed by atoms with Gasteiger partial charge in [0.25, 0.3) is 10.0 Å². The molecule has 1 aliphatic rings. The quantitative estimate of drug-likeness (QED) is 0.600. The second kappa shape index (κ2) is 10.1. The summed E-state index contributed by atoms with van der Waals surface area (Å²) >= 11 is 0. The number of hydrogen-bond donors (Lipinski definition) is 3. The lowest BCUT2D eigenvalue weighted by Gasteiger charge is -2.18. The van der Waals surface area contributed by atoms with Crippen molar-refractivity contribution in [1.82, 2.24) is 15.4 Å². The standard InChI is InChI=1S/C18H28N4O3S.ClH/c1-5-19-13(4)11-20-18(23)15(10-12(2)3)21-17-14-8-6-7-9-16(14)26(24,25)22-17;/h6-9,12-13,15,19H,5,10-11H2,1-4H3,(H,20,23)(H,21,22);1H/t13-,15?;/m1./s1. The SMILES string of the molecule is CCN[C@H](C)CNC(=O)C(CC(C)C)N=C1NS(=O)(=O)c2ccccc21.Cl. The summed E-state index contributed by atoms with van der Waals surface area (Å²) in [5, 5.41) is 6.14. The molecule has 0 saturated heterocycles. The van der Waals surface area contributed by atoms with E-state index in [0.717, 1.165) is 6.54 Å². The van der Waals surface area contributed by atoms with Crippen molar-refractivity contribution in [3.05, 3.63) is 29.8 Å². The van der Waals surface area contributed by atoms with Gasteiger partial charge in [-0.15, -0.1) is 12.4 Å². The van der Waals surface area contributed by atoms with Crippen molar-refractivity contribution in [2.45, 2.75) is 51.1 Å². The predicted molar refractivity (Wildman–Crippen MR) is 110 cm³/mol. The molecule has 2 atom stereocenters. The van der Waals surface area contributed by atoms with Crippen LogP contribution in [0.4, 0.5) is 0 Å². The lowest BCUT2D eigenvalue weighted by Crippen LogP contribution is -2.43. The Morgan fingerprint density at radius 1 is 1.22 bits per heavy atom. The molecule has 0 fully saturated rings. The molecule has 7 nitrogen and oxygen atoms in total. The van der Waals surface area contributed by atoms with Gasteiger partial charge in [0, 0.05) is 18.2 Å². The summed E-state index contributed by atoms with van der Waals surface area (Å²) in [7, 11) is -3.61. The molecule has 0 saturated carbocycles. The molecule has 152 valence electrons. The molecule has 2 rings (SSSR count). The molecule has 0 aromatic heterocycles. The summed E-state index contributed by atoms with van der Waals surface area (Å²) in [4.78, 5) is 17.3. The Labute approximate surface area is 167 Å². The Morgan fingerprint density at radius 2 is 1.89 bits per heavy atom. The van der Waals surface area contributed by atoms with E-state index < -0.39 is 16.1 Å². The Morgan fingerprint density at radius 3 is 2.52 bits per heavy atom. The number of rotatable bonds is 8. The highest BCUT2D eigenvalue weighted by molar-refractivity contribution is 7.90. The van der Waals surface area contributed by atoms with Gasteiger partial charge in [0.2, 0.25) is 5.91 Å². The van der Waals surface area contributed by atoms with Gasteiger partial charge >= 0.3 is 0 Å². The van der Waals surface area contributed by atoms with Crippen LogP contribution in [0.5, 0.6) is 0 Å². The van der Waals surface area contributed by atoms with Crippen LogP contribution in [-0.2, 0) is 14.8 Å². The van der Waals surface area contributed by atoms with Crippen LogP contribution in [0.25, 0.3) is 0 Å². The van der Waals surface area contributed by atoms with Crippen LogP contribution < -0.4 is 15.4 Å². The van der Waals surface area contributed by atoms with Crippen molar-refractivity contribution in [3.8, 4) is 0 Å². The third-order valence-electron chi connectivity index (χ3n) is 4.08. The molecule has 0 aliphatic carbocycles. The zero-order chi connectivity index (χ0) is 19.3. The smallest absolute Gasteiger partial charge is 0.263 e. The fourth-order valence-corrected chi connectivity index (χ4v) is 4.08. The van der Waals surface area contributed by atoms with Gasteiger partial charge in [-0.3, -0.25) is 14.5 Å². The lowest BCUT2D eigenvalue weighted by molar-refractivity contribution is -0.122. The number of aliphatic imine (C=N–C) groups is 1. The molecule has 1 unspecified atom stereocenters. The number of amides is 1. The van der Waals surface area contributed by atoms with E-state index in [1.807, 2.05) is 27.7 Å². The minimum absolute atomic E-state index is 0. The van der Waals surface area contributed by atoms with Gasteiger partial charge in [-0.1, -0.05) is 32.9 Å². The molecular formula is C18H29ClN4O3S. The number of hydrogen-bond acceptors (Lipinski definition) is 5. The molecule has 1 amide bonds. The second-order valence-electron chi connectivity index (χ2n) is 6.93. The zero-order valence-electron chi connectivity index (χ0n) is 16.2. The van der Waals surface area contributed by atoms with Crippen molar-refractivity contribution < 1.29 is 13.2 Å². The highest BCUT2D eigenvalue weighted by Gasteiger charge is 2.32. The first kappa shape index (κ1) is 23.4. The molecule has 1 aliphatic heterocycles. The highest BCUT2D eigenvalue weighted by Crippen LogP contribution is 2.23. The molecule has 0 radical (unpaired) electrons. The first-order valence-corrected chi connectivity index (χ1v) is 10.4. The van der Waals surface area contributed by atoms with Crippen LogP contribution in [0.1, 0.15) is 39.7 Å². The number of likely N-dealkylation sites (N-methyl/N-ethyl adjacent to an activating group) is 1. The lowest BCUT2D eigenvalue weighted by atomic mass is 10.0. The predicted octanol–water partition coefficient (Wildman–Crippen LogP) is 1.68. The maximum atomic E-state index is 12.6. The summed E-state index contributed by atoms with van der Waals surface area (Å²) in [5.74, 6) is 0.287. The van der Waals surface area contributed by atoms with E-state index in [9.17, 15) is 13.2 Å². The van der Waals surface area contributed by atoms with Gasteiger partial charge in [0.1, 0.15) is 11.9 Å². The summed E-state index contributed by atoms with van der Waals surface area (Å²) in [6.45, 7) is 9.34. The maximum absolute atomic E-state index is 12.6. The second-order valence-corrected chi connectivity index (χ2v) is 8.58. The number of amidine groups is 1. The molecule has 1 heterocycles. The number of fused-ring (bicyclic) bond motifs is 1. The van der Waals surface area contributed by atoms with Crippen LogP contribution in [0, 0.1) is 5.92 Å². The highest BCUT2D eigenvalue weighted by atomic mass is 35.5. The molecule has 3 N–H and O–H groups in total. The fraction of sp³-hybridized carbons (Fsp3) is 0.556.